The van der Waals surface area contributed by atoms with Gasteiger partial charge in [-0.2, -0.15) is 5.10 Å². The number of hydrogen-bond acceptors (Lipinski definition) is 5. The maximum absolute atomic E-state index is 12.0. The maximum atomic E-state index is 12.0. The quantitative estimate of drug-likeness (QED) is 0.643. The van der Waals surface area contributed by atoms with Crippen molar-refractivity contribution in [3.63, 3.8) is 0 Å². The third kappa shape index (κ3) is 3.89. The summed E-state index contributed by atoms with van der Waals surface area (Å²) in [7, 11) is 0. The molecular formula is C14H19N5OS. The molecule has 21 heavy (non-hydrogen) atoms. The van der Waals surface area contributed by atoms with Crippen LogP contribution in [0.5, 0.6) is 0 Å². The van der Waals surface area contributed by atoms with Gasteiger partial charge in [-0.1, -0.05) is 4.40 Å². The normalized spacial score (nSPS) is 14.3. The SMILES string of the molecule is CC(=N[S+]([O-])C(C)(C)C)c1ccc(-n2cnc(C)n2)nc1. The number of pyridine rings is 1. The maximum Gasteiger partial charge on any atom is 0.155 e. The number of rotatable bonds is 3. The van der Waals surface area contributed by atoms with Crippen molar-refractivity contribution < 1.29 is 4.55 Å². The first-order chi connectivity index (χ1) is 9.77. The number of aromatic nitrogens is 4. The van der Waals surface area contributed by atoms with Gasteiger partial charge in [0.05, 0.1) is 5.71 Å². The zero-order valence-electron chi connectivity index (χ0n) is 12.9. The standard InChI is InChI=1S/C14H19N5OS/c1-10(18-21(20)14(3,4)5)12-6-7-13(15-8-12)19-9-16-11(2)17-19/h6-9H,1-5H3. The predicted molar refractivity (Wildman–Crippen MR) is 84.0 cm³/mol. The number of aryl methyl sites for hydroxylation is 1. The first-order valence-corrected chi connectivity index (χ1v) is 7.70. The second-order valence-corrected chi connectivity index (χ2v) is 7.59. The zero-order chi connectivity index (χ0) is 15.6. The lowest BCUT2D eigenvalue weighted by Crippen LogP contribution is -2.26. The van der Waals surface area contributed by atoms with Gasteiger partial charge in [0.15, 0.2) is 5.82 Å². The van der Waals surface area contributed by atoms with E-state index in [4.69, 9.17) is 0 Å². The topological polar surface area (TPSA) is 79.0 Å². The lowest BCUT2D eigenvalue weighted by Gasteiger charge is -2.18. The molecule has 2 aromatic heterocycles. The highest BCUT2D eigenvalue weighted by Crippen LogP contribution is 2.18. The van der Waals surface area contributed by atoms with Gasteiger partial charge in [-0.25, -0.2) is 14.6 Å². The van der Waals surface area contributed by atoms with E-state index < -0.39 is 11.4 Å². The van der Waals surface area contributed by atoms with E-state index in [1.54, 1.807) is 17.2 Å². The Morgan fingerprint density at radius 1 is 1.29 bits per heavy atom. The molecule has 0 amide bonds. The highest BCUT2D eigenvalue weighted by Gasteiger charge is 2.26. The first-order valence-electron chi connectivity index (χ1n) is 6.60. The van der Waals surface area contributed by atoms with Crippen LogP contribution in [0.4, 0.5) is 0 Å². The fraction of sp³-hybridized carbons (Fsp3) is 0.429. The van der Waals surface area contributed by atoms with Crippen LogP contribution in [0.3, 0.4) is 0 Å². The van der Waals surface area contributed by atoms with E-state index in [1.165, 1.54) is 0 Å². The molecule has 0 radical (unpaired) electrons. The summed E-state index contributed by atoms with van der Waals surface area (Å²) in [5, 5.41) is 4.20. The molecule has 6 nitrogen and oxygen atoms in total. The van der Waals surface area contributed by atoms with Crippen LogP contribution >= 0.6 is 0 Å². The summed E-state index contributed by atoms with van der Waals surface area (Å²) < 4.78 is 17.5. The highest BCUT2D eigenvalue weighted by atomic mass is 32.2. The molecule has 112 valence electrons. The molecule has 0 aliphatic rings. The first kappa shape index (κ1) is 15.7. The molecule has 0 aromatic carbocycles. The van der Waals surface area contributed by atoms with Crippen molar-refractivity contribution in [2.75, 3.05) is 0 Å². The van der Waals surface area contributed by atoms with Gasteiger partial charge in [-0.05, 0) is 46.8 Å². The van der Waals surface area contributed by atoms with E-state index >= 15 is 0 Å². The van der Waals surface area contributed by atoms with Crippen LogP contribution in [0, 0.1) is 6.92 Å². The van der Waals surface area contributed by atoms with E-state index in [0.717, 1.165) is 5.56 Å². The van der Waals surface area contributed by atoms with Crippen molar-refractivity contribution in [2.45, 2.75) is 39.4 Å². The lowest BCUT2D eigenvalue weighted by atomic mass is 10.2. The van der Waals surface area contributed by atoms with Crippen molar-refractivity contribution in [1.29, 1.82) is 0 Å². The highest BCUT2D eigenvalue weighted by molar-refractivity contribution is 7.91. The van der Waals surface area contributed by atoms with Crippen LogP contribution in [-0.4, -0.2) is 34.8 Å². The average molecular weight is 305 g/mol. The number of hydrogen-bond donors (Lipinski definition) is 0. The smallest absolute Gasteiger partial charge is 0.155 e. The van der Waals surface area contributed by atoms with Gasteiger partial charge in [0.1, 0.15) is 28.3 Å². The fourth-order valence-corrected chi connectivity index (χ4v) is 2.13. The molecule has 0 aliphatic heterocycles. The summed E-state index contributed by atoms with van der Waals surface area (Å²) in [6, 6.07) is 3.72. The minimum atomic E-state index is -1.27. The molecular weight excluding hydrogens is 286 g/mol. The van der Waals surface area contributed by atoms with E-state index in [2.05, 4.69) is 19.5 Å². The summed E-state index contributed by atoms with van der Waals surface area (Å²) >= 11 is -1.27. The third-order valence-electron chi connectivity index (χ3n) is 2.75. The molecule has 0 saturated carbocycles. The summed E-state index contributed by atoms with van der Waals surface area (Å²) in [6.45, 7) is 9.35. The second kappa shape index (κ2) is 5.95. The van der Waals surface area contributed by atoms with Crippen molar-refractivity contribution in [2.24, 2.45) is 4.40 Å². The summed E-state index contributed by atoms with van der Waals surface area (Å²) in [5.41, 5.74) is 1.55. The van der Waals surface area contributed by atoms with Crippen LogP contribution in [0.25, 0.3) is 5.82 Å². The molecule has 7 heteroatoms. The van der Waals surface area contributed by atoms with Crippen molar-refractivity contribution in [3.05, 3.63) is 36.0 Å². The van der Waals surface area contributed by atoms with E-state index in [9.17, 15) is 4.55 Å². The van der Waals surface area contributed by atoms with Gasteiger partial charge in [0.2, 0.25) is 0 Å². The van der Waals surface area contributed by atoms with Crippen LogP contribution < -0.4 is 0 Å². The second-order valence-electron chi connectivity index (χ2n) is 5.68. The minimum Gasteiger partial charge on any atom is -0.591 e. The summed E-state index contributed by atoms with van der Waals surface area (Å²) in [4.78, 5) is 8.40. The molecule has 1 atom stereocenters. The molecule has 2 heterocycles. The molecule has 0 N–H and O–H groups in total. The van der Waals surface area contributed by atoms with Gasteiger partial charge in [0, 0.05) is 11.8 Å². The monoisotopic (exact) mass is 305 g/mol. The Balaban J connectivity index is 2.21. The molecule has 0 bridgehead atoms. The Morgan fingerprint density at radius 3 is 2.48 bits per heavy atom. The predicted octanol–water partition coefficient (Wildman–Crippen LogP) is 2.24. The Hall–Kier alpha value is -1.73. The van der Waals surface area contributed by atoms with E-state index in [0.29, 0.717) is 17.4 Å². The van der Waals surface area contributed by atoms with Gasteiger partial charge in [-0.15, -0.1) is 0 Å². The van der Waals surface area contributed by atoms with Gasteiger partial charge in [-0.3, -0.25) is 0 Å². The van der Waals surface area contributed by atoms with Crippen molar-refractivity contribution in [3.8, 4) is 5.82 Å². The molecule has 1 unspecified atom stereocenters. The van der Waals surface area contributed by atoms with Gasteiger partial charge >= 0.3 is 0 Å². The molecule has 2 rings (SSSR count). The molecule has 2 aromatic rings. The number of nitrogens with zero attached hydrogens (tertiary/aromatic N) is 5. The largest absolute Gasteiger partial charge is 0.591 e. The Bertz CT molecular complexity index is 642. The van der Waals surface area contributed by atoms with Crippen molar-refractivity contribution >= 4 is 17.1 Å². The zero-order valence-corrected chi connectivity index (χ0v) is 13.7. The van der Waals surface area contributed by atoms with Crippen LogP contribution in [0.1, 0.15) is 39.1 Å². The minimum absolute atomic E-state index is 0.368. The Morgan fingerprint density at radius 2 is 2.00 bits per heavy atom. The average Bonchev–Trinajstić information content (AvgIpc) is 2.84. The summed E-state index contributed by atoms with van der Waals surface area (Å²) in [5.74, 6) is 1.38. The fourth-order valence-electron chi connectivity index (χ4n) is 1.51. The van der Waals surface area contributed by atoms with Crippen LogP contribution in [0.2, 0.25) is 0 Å². The molecule has 0 spiro atoms. The van der Waals surface area contributed by atoms with E-state index in [1.807, 2.05) is 46.8 Å². The molecule has 0 saturated heterocycles. The Kier molecular flexibility index (Phi) is 4.43. The van der Waals surface area contributed by atoms with Crippen LogP contribution in [-0.2, 0) is 11.4 Å². The van der Waals surface area contributed by atoms with Gasteiger partial charge in [0.25, 0.3) is 0 Å². The summed E-state index contributed by atoms with van der Waals surface area (Å²) in [6.07, 6.45) is 3.32. The lowest BCUT2D eigenvalue weighted by molar-refractivity contribution is 0.561. The third-order valence-corrected chi connectivity index (χ3v) is 4.24. The van der Waals surface area contributed by atoms with Gasteiger partial charge < -0.3 is 4.55 Å². The molecule has 0 aliphatic carbocycles. The Labute approximate surface area is 127 Å². The van der Waals surface area contributed by atoms with Crippen LogP contribution in [0.15, 0.2) is 29.1 Å². The molecule has 0 fully saturated rings. The van der Waals surface area contributed by atoms with E-state index in [-0.39, 0.29) is 4.75 Å². The van der Waals surface area contributed by atoms with Crippen molar-refractivity contribution in [1.82, 2.24) is 19.7 Å².